The molecule has 2 heterocycles. The summed E-state index contributed by atoms with van der Waals surface area (Å²) in [7, 11) is 0. The molecular formula is C17H14F3N5O2. The van der Waals surface area contributed by atoms with Crippen molar-refractivity contribution >= 4 is 11.9 Å². The van der Waals surface area contributed by atoms with Crippen molar-refractivity contribution in [3.8, 4) is 5.75 Å². The molecule has 140 valence electrons. The Balaban J connectivity index is 1.62. The number of rotatable bonds is 5. The first-order valence-electron chi connectivity index (χ1n) is 7.76. The third-order valence-electron chi connectivity index (χ3n) is 3.42. The third kappa shape index (κ3) is 4.81. The molecule has 1 amide bonds. The van der Waals surface area contributed by atoms with E-state index in [1.54, 1.807) is 13.0 Å². The number of anilines is 1. The fourth-order valence-corrected chi connectivity index (χ4v) is 2.13. The van der Waals surface area contributed by atoms with Gasteiger partial charge in [-0.1, -0.05) is 6.07 Å². The van der Waals surface area contributed by atoms with Gasteiger partial charge >= 0.3 is 6.18 Å². The van der Waals surface area contributed by atoms with Gasteiger partial charge < -0.3 is 4.74 Å². The van der Waals surface area contributed by atoms with Crippen molar-refractivity contribution in [2.24, 2.45) is 0 Å². The van der Waals surface area contributed by atoms with Crippen LogP contribution in [0.2, 0.25) is 0 Å². The van der Waals surface area contributed by atoms with Crippen molar-refractivity contribution in [2.45, 2.75) is 19.8 Å². The molecule has 2 aromatic heterocycles. The first kappa shape index (κ1) is 18.4. The van der Waals surface area contributed by atoms with Crippen LogP contribution in [0.4, 0.5) is 19.1 Å². The summed E-state index contributed by atoms with van der Waals surface area (Å²) in [6.45, 7) is 1.60. The summed E-state index contributed by atoms with van der Waals surface area (Å²) in [6, 6.07) is 7.64. The highest BCUT2D eigenvalue weighted by atomic mass is 19.4. The fraction of sp³-hybridized carbons (Fsp3) is 0.176. The molecule has 0 spiro atoms. The highest BCUT2D eigenvalue weighted by molar-refractivity contribution is 6.01. The van der Waals surface area contributed by atoms with Crippen molar-refractivity contribution in [3.05, 3.63) is 65.7 Å². The van der Waals surface area contributed by atoms with Crippen LogP contribution in [-0.4, -0.2) is 25.7 Å². The van der Waals surface area contributed by atoms with Gasteiger partial charge in [-0.3, -0.25) is 10.1 Å². The maximum atomic E-state index is 12.7. The molecule has 0 atom stereocenters. The molecule has 27 heavy (non-hydrogen) atoms. The topological polar surface area (TPSA) is 81.9 Å². The summed E-state index contributed by atoms with van der Waals surface area (Å²) in [5.41, 5.74) is -0.0215. The highest BCUT2D eigenvalue weighted by Gasteiger charge is 2.30. The van der Waals surface area contributed by atoms with Gasteiger partial charge in [-0.25, -0.2) is 14.6 Å². The largest absolute Gasteiger partial charge is 0.471 e. The van der Waals surface area contributed by atoms with Crippen LogP contribution in [0.3, 0.4) is 0 Å². The SMILES string of the molecule is Cc1ccnc(NC(=O)c2ccn(COc3cccc(C(F)(F)F)c3)n2)n1. The van der Waals surface area contributed by atoms with E-state index in [2.05, 4.69) is 20.4 Å². The Hall–Kier alpha value is -3.43. The number of benzene rings is 1. The Kier molecular flexibility index (Phi) is 5.06. The van der Waals surface area contributed by atoms with Crippen molar-refractivity contribution in [1.29, 1.82) is 0 Å². The second-order valence-corrected chi connectivity index (χ2v) is 5.52. The molecule has 0 saturated heterocycles. The van der Waals surface area contributed by atoms with E-state index in [1.165, 1.54) is 35.3 Å². The average molecular weight is 377 g/mol. The number of nitrogens with zero attached hydrogens (tertiary/aromatic N) is 4. The van der Waals surface area contributed by atoms with Crippen LogP contribution >= 0.6 is 0 Å². The molecule has 3 rings (SSSR count). The van der Waals surface area contributed by atoms with E-state index in [9.17, 15) is 18.0 Å². The van der Waals surface area contributed by atoms with Crippen LogP contribution in [0.1, 0.15) is 21.7 Å². The summed E-state index contributed by atoms with van der Waals surface area (Å²) in [5.74, 6) is -0.326. The number of carbonyl (C=O) groups excluding carboxylic acids is 1. The predicted molar refractivity (Wildman–Crippen MR) is 89.0 cm³/mol. The molecule has 3 aromatic rings. The van der Waals surface area contributed by atoms with E-state index in [4.69, 9.17) is 4.74 Å². The van der Waals surface area contributed by atoms with Gasteiger partial charge in [-0.2, -0.15) is 18.3 Å². The lowest BCUT2D eigenvalue weighted by Gasteiger charge is -2.10. The van der Waals surface area contributed by atoms with E-state index in [0.29, 0.717) is 5.69 Å². The summed E-state index contributed by atoms with van der Waals surface area (Å²) >= 11 is 0. The molecule has 0 bridgehead atoms. The van der Waals surface area contributed by atoms with Gasteiger partial charge in [0.2, 0.25) is 5.95 Å². The zero-order valence-corrected chi connectivity index (χ0v) is 14.1. The molecule has 0 saturated carbocycles. The summed E-state index contributed by atoms with van der Waals surface area (Å²) < 4.78 is 44.7. The molecule has 0 unspecified atom stereocenters. The van der Waals surface area contributed by atoms with E-state index in [1.807, 2.05) is 0 Å². The minimum atomic E-state index is -4.45. The smallest absolute Gasteiger partial charge is 0.416 e. The van der Waals surface area contributed by atoms with Crippen LogP contribution in [-0.2, 0) is 12.9 Å². The molecule has 0 aliphatic carbocycles. The van der Waals surface area contributed by atoms with Crippen LogP contribution in [0.5, 0.6) is 5.75 Å². The maximum absolute atomic E-state index is 12.7. The Bertz CT molecular complexity index is 955. The second kappa shape index (κ2) is 7.44. The van der Waals surface area contributed by atoms with E-state index < -0.39 is 17.6 Å². The fourth-order valence-electron chi connectivity index (χ4n) is 2.13. The number of halogens is 3. The van der Waals surface area contributed by atoms with Crippen molar-refractivity contribution < 1.29 is 22.7 Å². The molecule has 0 radical (unpaired) electrons. The number of alkyl halides is 3. The van der Waals surface area contributed by atoms with E-state index in [0.717, 1.165) is 12.1 Å². The second-order valence-electron chi connectivity index (χ2n) is 5.52. The number of hydrogen-bond donors (Lipinski definition) is 1. The number of amides is 1. The normalized spacial score (nSPS) is 11.3. The molecule has 0 aliphatic rings. The lowest BCUT2D eigenvalue weighted by atomic mass is 10.2. The van der Waals surface area contributed by atoms with E-state index >= 15 is 0 Å². The monoisotopic (exact) mass is 377 g/mol. The van der Waals surface area contributed by atoms with Gasteiger partial charge in [0.1, 0.15) is 5.75 Å². The van der Waals surface area contributed by atoms with Gasteiger partial charge in [0, 0.05) is 18.1 Å². The van der Waals surface area contributed by atoms with Gasteiger partial charge in [-0.05, 0) is 37.3 Å². The molecular weight excluding hydrogens is 363 g/mol. The number of hydrogen-bond acceptors (Lipinski definition) is 5. The first-order chi connectivity index (χ1) is 12.8. The molecule has 0 aliphatic heterocycles. The van der Waals surface area contributed by atoms with Crippen LogP contribution < -0.4 is 10.1 Å². The number of aryl methyl sites for hydroxylation is 1. The lowest BCUT2D eigenvalue weighted by molar-refractivity contribution is -0.137. The minimum absolute atomic E-state index is 0.0412. The Labute approximate surface area is 151 Å². The quantitative estimate of drug-likeness (QED) is 0.738. The predicted octanol–water partition coefficient (Wildman–Crippen LogP) is 3.29. The molecule has 7 nitrogen and oxygen atoms in total. The van der Waals surface area contributed by atoms with Crippen LogP contribution in [0, 0.1) is 6.92 Å². The zero-order valence-electron chi connectivity index (χ0n) is 14.1. The maximum Gasteiger partial charge on any atom is 0.416 e. The van der Waals surface area contributed by atoms with E-state index in [-0.39, 0.29) is 24.1 Å². The Morgan fingerprint density at radius 3 is 2.81 bits per heavy atom. The van der Waals surface area contributed by atoms with Gasteiger partial charge in [0.05, 0.1) is 5.56 Å². The number of aromatic nitrogens is 4. The van der Waals surface area contributed by atoms with Crippen LogP contribution in [0.25, 0.3) is 0 Å². The molecule has 10 heteroatoms. The standard InChI is InChI=1S/C17H14F3N5O2/c1-11-5-7-21-16(22-11)23-15(26)14-6-8-25(24-14)10-27-13-4-2-3-12(9-13)17(18,19)20/h2-9H,10H2,1H3,(H,21,22,23,26). The third-order valence-corrected chi connectivity index (χ3v) is 3.42. The van der Waals surface area contributed by atoms with Gasteiger partial charge in [0.25, 0.3) is 5.91 Å². The summed E-state index contributed by atoms with van der Waals surface area (Å²) in [4.78, 5) is 20.1. The Morgan fingerprint density at radius 2 is 2.07 bits per heavy atom. The number of nitrogens with one attached hydrogen (secondary N) is 1. The first-order valence-corrected chi connectivity index (χ1v) is 7.76. The van der Waals surface area contributed by atoms with Crippen molar-refractivity contribution in [3.63, 3.8) is 0 Å². The minimum Gasteiger partial charge on any atom is -0.471 e. The average Bonchev–Trinajstić information content (AvgIpc) is 3.09. The van der Waals surface area contributed by atoms with Gasteiger partial charge in [0.15, 0.2) is 12.4 Å². The highest BCUT2D eigenvalue weighted by Crippen LogP contribution is 2.31. The number of ether oxygens (including phenoxy) is 1. The number of carbonyl (C=O) groups is 1. The van der Waals surface area contributed by atoms with Crippen molar-refractivity contribution in [2.75, 3.05) is 5.32 Å². The summed E-state index contributed by atoms with van der Waals surface area (Å²) in [5, 5.41) is 6.52. The lowest BCUT2D eigenvalue weighted by Crippen LogP contribution is -2.16. The van der Waals surface area contributed by atoms with Gasteiger partial charge in [-0.15, -0.1) is 0 Å². The zero-order chi connectivity index (χ0) is 19.4. The van der Waals surface area contributed by atoms with Crippen LogP contribution in [0.15, 0.2) is 48.8 Å². The summed E-state index contributed by atoms with van der Waals surface area (Å²) in [6.07, 6.45) is -1.47. The molecule has 0 fully saturated rings. The molecule has 1 N–H and O–H groups in total. The Morgan fingerprint density at radius 1 is 1.26 bits per heavy atom. The van der Waals surface area contributed by atoms with Crippen molar-refractivity contribution in [1.82, 2.24) is 19.7 Å². The molecule has 1 aromatic carbocycles.